The van der Waals surface area contributed by atoms with Crippen molar-refractivity contribution in [2.45, 2.75) is 183 Å². The Balaban J connectivity index is 1.56. The van der Waals surface area contributed by atoms with Crippen LogP contribution in [0.15, 0.2) is 65.7 Å². The van der Waals surface area contributed by atoms with E-state index in [1.807, 2.05) is 20.1 Å². The van der Waals surface area contributed by atoms with E-state index in [4.69, 9.17) is 40.1 Å². The molecule has 32 heteroatoms. The Labute approximate surface area is 558 Å². The van der Waals surface area contributed by atoms with Crippen LogP contribution < -0.4 is 82.7 Å². The number of nitrogens with one attached hydrogen (secondary N) is 8. The highest BCUT2D eigenvalue weighted by Crippen LogP contribution is 2.24. The van der Waals surface area contributed by atoms with Crippen LogP contribution in [0.25, 0.3) is 0 Å². The molecular weight excluding hydrogens is 1250 g/mol. The average Bonchev–Trinajstić information content (AvgIpc) is 1.74. The third-order valence-corrected chi connectivity index (χ3v) is 16.7. The minimum atomic E-state index is -1.64. The van der Waals surface area contributed by atoms with E-state index in [-0.39, 0.29) is 83.0 Å². The second-order valence-corrected chi connectivity index (χ2v) is 25.1. The summed E-state index contributed by atoms with van der Waals surface area (Å²) in [6.07, 6.45) is 3.12. The van der Waals surface area contributed by atoms with E-state index in [9.17, 15) is 62.3 Å². The lowest BCUT2D eigenvalue weighted by Gasteiger charge is -2.32. The van der Waals surface area contributed by atoms with Crippen LogP contribution in [0.5, 0.6) is 0 Å². The summed E-state index contributed by atoms with van der Waals surface area (Å²) >= 11 is 1.45. The average molecular weight is 1350 g/mol. The van der Waals surface area contributed by atoms with Gasteiger partial charge in [-0.15, -0.1) is 0 Å². The number of aliphatic imine (C=N–C) groups is 1. The van der Waals surface area contributed by atoms with Gasteiger partial charge in [-0.2, -0.15) is 11.8 Å². The number of thioether (sulfide) groups is 1. The molecule has 2 saturated heterocycles. The van der Waals surface area contributed by atoms with Gasteiger partial charge in [-0.1, -0.05) is 74.5 Å². The number of nitrogens with two attached hydrogens (primary N) is 7. The lowest BCUT2D eigenvalue weighted by molar-refractivity contribution is -0.144. The molecule has 0 bridgehead atoms. The number of primary amides is 3. The van der Waals surface area contributed by atoms with Crippen molar-refractivity contribution in [1.82, 2.24) is 52.3 Å². The van der Waals surface area contributed by atoms with Gasteiger partial charge in [0.25, 0.3) is 0 Å². The highest BCUT2D eigenvalue weighted by atomic mass is 32.2. The van der Waals surface area contributed by atoms with Gasteiger partial charge in [0, 0.05) is 45.3 Å². The molecule has 0 aliphatic carbocycles. The van der Waals surface area contributed by atoms with Crippen molar-refractivity contribution in [3.8, 4) is 0 Å². The van der Waals surface area contributed by atoms with E-state index >= 15 is 0 Å². The molecule has 524 valence electrons. The second kappa shape index (κ2) is 41.0. The summed E-state index contributed by atoms with van der Waals surface area (Å²) in [6, 6.07) is 4.51. The zero-order valence-corrected chi connectivity index (χ0v) is 55.3. The summed E-state index contributed by atoms with van der Waals surface area (Å²) in [5, 5.41) is 21.1. The molecule has 0 unspecified atom stereocenters. The fourth-order valence-electron chi connectivity index (χ4n) is 11.0. The number of rotatable bonds is 42. The Morgan fingerprint density at radius 2 is 1.01 bits per heavy atom. The minimum Gasteiger partial charge on any atom is -0.370 e. The molecule has 0 saturated carbocycles. The first-order valence-electron chi connectivity index (χ1n) is 32.2. The third kappa shape index (κ3) is 27.5. The van der Waals surface area contributed by atoms with Gasteiger partial charge < -0.3 is 92.5 Å². The Hall–Kier alpha value is -8.91. The molecule has 2 heterocycles. The summed E-state index contributed by atoms with van der Waals surface area (Å²) in [5.41, 5.74) is 40.6. The third-order valence-electron chi connectivity index (χ3n) is 16.0. The number of nitrogens with zero attached hydrogens (tertiary/aromatic N) is 3. The summed E-state index contributed by atoms with van der Waals surface area (Å²) < 4.78 is 0. The first-order valence-corrected chi connectivity index (χ1v) is 33.6. The van der Waals surface area contributed by atoms with Gasteiger partial charge in [-0.05, 0) is 119 Å². The molecule has 2 aromatic rings. The fourth-order valence-corrected chi connectivity index (χ4v) is 11.5. The summed E-state index contributed by atoms with van der Waals surface area (Å²) in [4.78, 5) is 185. The van der Waals surface area contributed by atoms with Crippen molar-refractivity contribution in [3.63, 3.8) is 0 Å². The van der Waals surface area contributed by atoms with Crippen LogP contribution in [0.2, 0.25) is 0 Å². The van der Waals surface area contributed by atoms with Gasteiger partial charge >= 0.3 is 0 Å². The predicted molar refractivity (Wildman–Crippen MR) is 356 cm³/mol. The highest BCUT2D eigenvalue weighted by molar-refractivity contribution is 7.98. The Morgan fingerprint density at radius 3 is 1.51 bits per heavy atom. The monoisotopic (exact) mass is 1350 g/mol. The zero-order valence-electron chi connectivity index (χ0n) is 54.5. The molecule has 10 atom stereocenters. The van der Waals surface area contributed by atoms with E-state index < -0.39 is 169 Å². The van der Waals surface area contributed by atoms with Gasteiger partial charge in [0.2, 0.25) is 76.8 Å². The predicted octanol–water partition coefficient (Wildman–Crippen LogP) is -3.71. The summed E-state index contributed by atoms with van der Waals surface area (Å²) in [5.74, 6) is -9.80. The summed E-state index contributed by atoms with van der Waals surface area (Å²) in [7, 11) is 0. The molecule has 2 aliphatic rings. The molecular formula is C63H98N18O13S. The van der Waals surface area contributed by atoms with Crippen molar-refractivity contribution >= 4 is 94.5 Å². The molecule has 13 amide bonds. The topological polar surface area (TPSA) is 519 Å². The number of carbonyl (C=O) groups excluding carboxylic acids is 13. The Kier molecular flexibility index (Phi) is 33.9. The zero-order chi connectivity index (χ0) is 70.1. The first kappa shape index (κ1) is 78.5. The van der Waals surface area contributed by atoms with Crippen molar-refractivity contribution in [3.05, 3.63) is 71.8 Å². The van der Waals surface area contributed by atoms with E-state index in [1.54, 1.807) is 60.7 Å². The van der Waals surface area contributed by atoms with E-state index in [1.165, 1.54) is 21.6 Å². The molecule has 0 radical (unpaired) electrons. The number of hydrogen-bond acceptors (Lipinski definition) is 17. The normalized spacial score (nSPS) is 16.8. The molecule has 0 aromatic heterocycles. The molecule has 2 fully saturated rings. The van der Waals surface area contributed by atoms with Crippen LogP contribution in [0.3, 0.4) is 0 Å². The SMILES string of the molecule is CSCC[C@H](NC(=O)[C@@H](CC(C)C)NC(=O)CNC(=O)[C@@H](Cc1ccccc1)NC(=O)[C@@H](Cc1ccccc1)NC(=O)[C@@H](CCC(N)=O)NC(=O)[C@@H](CCC(N)=O)NC(=O)[C@@H]1CCCN1C(=O)[C@@H](CCCCN)NC(=O)[C@@H]1CCCN1C(=O)[C@H](N)CCCN=C(N)N)C(N)=O. The Bertz CT molecular complexity index is 2960. The van der Waals surface area contributed by atoms with Crippen LogP contribution in [0.1, 0.15) is 121 Å². The Morgan fingerprint density at radius 1 is 0.537 bits per heavy atom. The molecule has 4 rings (SSSR count). The number of unbranched alkanes of at least 4 members (excludes halogenated alkanes) is 1. The molecule has 2 aromatic carbocycles. The van der Waals surface area contributed by atoms with E-state index in [0.717, 1.165) is 0 Å². The standard InChI is InChI=1S/C63H98N18O13S/c1-37(2)33-45(57(89)74-41(53(68)85)27-32-95-3)73-52(84)36-72-54(86)46(34-38-15-6-4-7-16-38)78-58(90)47(35-39-17-8-5-9-18-39)79-56(88)42(23-25-50(66)82)75-55(87)43(24-26-51(67)83)76-59(91)49-22-14-31-81(49)62(94)44(20-10-11-28-64)77-60(92)48-21-13-30-80(48)61(93)40(65)19-12-29-71-63(69)70/h4-9,15-18,37,40-49H,10-14,19-36,64-65H2,1-3H3,(H2,66,82)(H2,67,83)(H2,68,85)(H,72,86)(H,73,84)(H,74,89)(H,75,87)(H,76,91)(H,77,92)(H,78,90)(H,79,88)(H4,69,70,71)/t40-,41+,42-,43-,44-,45-,46-,47-,48+,49+/m1/s1. The first-order chi connectivity index (χ1) is 45.2. The van der Waals surface area contributed by atoms with Gasteiger partial charge in [-0.25, -0.2) is 0 Å². The maximum atomic E-state index is 14.7. The molecule has 0 spiro atoms. The second-order valence-electron chi connectivity index (χ2n) is 24.1. The van der Waals surface area contributed by atoms with E-state index in [2.05, 4.69) is 47.5 Å². The highest BCUT2D eigenvalue weighted by Gasteiger charge is 2.42. The number of likely N-dealkylation sites (tertiary alicyclic amines) is 2. The quantitative estimate of drug-likeness (QED) is 0.0173. The molecule has 22 N–H and O–H groups in total. The van der Waals surface area contributed by atoms with Gasteiger partial charge in [0.1, 0.15) is 54.4 Å². The lowest BCUT2D eigenvalue weighted by atomic mass is 10.0. The van der Waals surface area contributed by atoms with Crippen LogP contribution in [-0.4, -0.2) is 198 Å². The van der Waals surface area contributed by atoms with Gasteiger partial charge in [-0.3, -0.25) is 67.3 Å². The maximum Gasteiger partial charge on any atom is 0.245 e. The van der Waals surface area contributed by atoms with Gasteiger partial charge in [0.15, 0.2) is 5.96 Å². The summed E-state index contributed by atoms with van der Waals surface area (Å²) in [6.45, 7) is 3.86. The van der Waals surface area contributed by atoms with Crippen LogP contribution in [-0.2, 0) is 75.2 Å². The molecule has 2 aliphatic heterocycles. The smallest absolute Gasteiger partial charge is 0.245 e. The maximum absolute atomic E-state index is 14.7. The van der Waals surface area contributed by atoms with Crippen molar-refractivity contribution < 1.29 is 62.3 Å². The number of hydrogen-bond donors (Lipinski definition) is 15. The van der Waals surface area contributed by atoms with Crippen molar-refractivity contribution in [2.24, 2.45) is 51.0 Å². The number of carbonyl (C=O) groups is 13. The largest absolute Gasteiger partial charge is 0.370 e. The van der Waals surface area contributed by atoms with Gasteiger partial charge in [0.05, 0.1) is 12.6 Å². The van der Waals surface area contributed by atoms with Crippen molar-refractivity contribution in [1.29, 1.82) is 0 Å². The van der Waals surface area contributed by atoms with E-state index in [0.29, 0.717) is 55.4 Å². The molecule has 95 heavy (non-hydrogen) atoms. The molecule has 31 nitrogen and oxygen atoms in total. The van der Waals surface area contributed by atoms with Crippen LogP contribution in [0.4, 0.5) is 0 Å². The van der Waals surface area contributed by atoms with Crippen molar-refractivity contribution in [2.75, 3.05) is 44.7 Å². The minimum absolute atomic E-state index is 0.0736. The number of amides is 13. The van der Waals surface area contributed by atoms with Crippen LogP contribution in [0, 0.1) is 5.92 Å². The number of benzene rings is 2. The fraction of sp³-hybridized carbons (Fsp3) is 0.587. The number of guanidine groups is 1. The lowest BCUT2D eigenvalue weighted by Crippen LogP contribution is -2.60. The van der Waals surface area contributed by atoms with Crippen LogP contribution >= 0.6 is 11.8 Å².